The first-order valence-corrected chi connectivity index (χ1v) is 8.70. The fourth-order valence-corrected chi connectivity index (χ4v) is 4.06. The molecule has 0 N–H and O–H groups in total. The van der Waals surface area contributed by atoms with E-state index in [1.165, 1.54) is 5.56 Å². The quantitative estimate of drug-likeness (QED) is 0.445. The number of carbonyl (C=O) groups excluding carboxylic acids is 1. The molecule has 2 fully saturated rings. The highest BCUT2D eigenvalue weighted by Gasteiger charge is 2.72. The van der Waals surface area contributed by atoms with Crippen LogP contribution in [0, 0.1) is 12.8 Å². The number of carbonyl (C=O) groups is 1. The minimum absolute atomic E-state index is 0.0899. The van der Waals surface area contributed by atoms with Gasteiger partial charge in [0.05, 0.1) is 0 Å². The van der Waals surface area contributed by atoms with Crippen LogP contribution in [0.25, 0.3) is 6.08 Å². The van der Waals surface area contributed by atoms with Gasteiger partial charge in [0.2, 0.25) is 0 Å². The maximum absolute atomic E-state index is 12.3. The Morgan fingerprint density at radius 3 is 2.83 bits per heavy atom. The second kappa shape index (κ2) is 5.35. The van der Waals surface area contributed by atoms with Crippen LogP contribution in [0.3, 0.4) is 0 Å². The smallest absolute Gasteiger partial charge is 0.341 e. The van der Waals surface area contributed by atoms with E-state index in [1.54, 1.807) is 0 Å². The van der Waals surface area contributed by atoms with Crippen molar-refractivity contribution in [2.75, 3.05) is 0 Å². The zero-order valence-electron chi connectivity index (χ0n) is 14.6. The van der Waals surface area contributed by atoms with Crippen molar-refractivity contribution in [1.82, 2.24) is 0 Å². The Morgan fingerprint density at radius 2 is 2.12 bits per heavy atom. The largest absolute Gasteiger partial charge is 0.461 e. The van der Waals surface area contributed by atoms with Crippen LogP contribution in [0.5, 0.6) is 0 Å². The van der Waals surface area contributed by atoms with Crippen LogP contribution in [0.2, 0.25) is 0 Å². The number of epoxide rings is 1. The number of rotatable bonds is 1. The molecular weight excluding hydrogens is 304 g/mol. The summed E-state index contributed by atoms with van der Waals surface area (Å²) < 4.78 is 17.5. The van der Waals surface area contributed by atoms with Crippen molar-refractivity contribution in [3.63, 3.8) is 0 Å². The van der Waals surface area contributed by atoms with Crippen molar-refractivity contribution in [1.29, 1.82) is 0 Å². The first kappa shape index (κ1) is 15.7. The number of esters is 1. The molecule has 1 aromatic heterocycles. The van der Waals surface area contributed by atoms with Crippen LogP contribution < -0.4 is 0 Å². The van der Waals surface area contributed by atoms with Crippen molar-refractivity contribution in [3.8, 4) is 0 Å². The van der Waals surface area contributed by atoms with Gasteiger partial charge in [0, 0.05) is 12.8 Å². The van der Waals surface area contributed by atoms with Gasteiger partial charge in [-0.25, -0.2) is 4.79 Å². The Hall–Kier alpha value is -1.81. The maximum atomic E-state index is 12.3. The summed E-state index contributed by atoms with van der Waals surface area (Å²) in [5, 5.41) is 0. The van der Waals surface area contributed by atoms with Gasteiger partial charge < -0.3 is 13.9 Å². The van der Waals surface area contributed by atoms with Gasteiger partial charge in [-0.2, -0.15) is 0 Å². The molecule has 4 rings (SSSR count). The Balaban J connectivity index is 1.70. The molecule has 3 aliphatic heterocycles. The zero-order valence-corrected chi connectivity index (χ0v) is 14.6. The summed E-state index contributed by atoms with van der Waals surface area (Å²) >= 11 is 0. The summed E-state index contributed by atoms with van der Waals surface area (Å²) in [6.07, 6.45) is 4.83. The van der Waals surface area contributed by atoms with E-state index in [0.717, 1.165) is 35.5 Å². The second-order valence-corrected chi connectivity index (χ2v) is 7.61. The van der Waals surface area contributed by atoms with Crippen LogP contribution in [0.15, 0.2) is 28.2 Å². The normalized spacial score (nSPS) is 35.0. The summed E-state index contributed by atoms with van der Waals surface area (Å²) in [7, 11) is 0. The van der Waals surface area contributed by atoms with Crippen LogP contribution in [0.4, 0.5) is 0 Å². The Labute approximate surface area is 142 Å². The lowest BCUT2D eigenvalue weighted by Gasteiger charge is -2.18. The van der Waals surface area contributed by atoms with Crippen LogP contribution in [-0.2, 0) is 20.7 Å². The van der Waals surface area contributed by atoms with Gasteiger partial charge in [0.1, 0.15) is 23.7 Å². The van der Waals surface area contributed by atoms with Gasteiger partial charge in [-0.1, -0.05) is 17.7 Å². The van der Waals surface area contributed by atoms with Gasteiger partial charge in [-0.05, 0) is 57.2 Å². The summed E-state index contributed by atoms with van der Waals surface area (Å²) in [6, 6.07) is 2.08. The molecule has 4 heterocycles. The van der Waals surface area contributed by atoms with E-state index in [0.29, 0.717) is 12.8 Å². The minimum atomic E-state index is -0.699. The fraction of sp³-hybridized carbons (Fsp3) is 0.550. The van der Waals surface area contributed by atoms with Crippen molar-refractivity contribution >= 4 is 12.0 Å². The monoisotopic (exact) mass is 328 g/mol. The highest BCUT2D eigenvalue weighted by molar-refractivity contribution is 5.86. The second-order valence-electron chi connectivity index (χ2n) is 7.61. The third kappa shape index (κ3) is 2.44. The van der Waals surface area contributed by atoms with Crippen molar-refractivity contribution in [2.45, 2.75) is 64.3 Å². The third-order valence-corrected chi connectivity index (χ3v) is 5.63. The van der Waals surface area contributed by atoms with E-state index in [2.05, 4.69) is 19.6 Å². The molecule has 0 aromatic carbocycles. The first-order chi connectivity index (χ1) is 11.4. The summed E-state index contributed by atoms with van der Waals surface area (Å²) in [4.78, 5) is 12.3. The van der Waals surface area contributed by atoms with E-state index in [9.17, 15) is 4.79 Å². The molecule has 4 heteroatoms. The van der Waals surface area contributed by atoms with Crippen molar-refractivity contribution in [2.24, 2.45) is 5.92 Å². The molecule has 0 amide bonds. The number of hydrogen-bond donors (Lipinski definition) is 0. The van der Waals surface area contributed by atoms with Crippen molar-refractivity contribution in [3.05, 3.63) is 40.9 Å². The Morgan fingerprint density at radius 1 is 1.33 bits per heavy atom. The lowest BCUT2D eigenvalue weighted by atomic mass is 9.86. The maximum Gasteiger partial charge on any atom is 0.341 e. The van der Waals surface area contributed by atoms with Gasteiger partial charge in [-0.3, -0.25) is 0 Å². The molecule has 0 radical (unpaired) electrons. The number of aryl methyl sites for hydroxylation is 1. The molecule has 0 saturated carbocycles. The lowest BCUT2D eigenvalue weighted by Crippen LogP contribution is -2.24. The molecule has 4 atom stereocenters. The predicted octanol–water partition coefficient (Wildman–Crippen LogP) is 3.97. The average Bonchev–Trinajstić information content (AvgIpc) is 3.06. The van der Waals surface area contributed by atoms with Gasteiger partial charge in [-0.15, -0.1) is 0 Å². The number of allylic oxidation sites excluding steroid dienone is 1. The lowest BCUT2D eigenvalue weighted by molar-refractivity contribution is -0.154. The Bertz CT molecular complexity index is 741. The fourth-order valence-electron chi connectivity index (χ4n) is 4.06. The van der Waals surface area contributed by atoms with Crippen LogP contribution in [0.1, 0.15) is 50.2 Å². The number of hydrogen-bond acceptors (Lipinski definition) is 4. The van der Waals surface area contributed by atoms with E-state index in [-0.39, 0.29) is 24.1 Å². The van der Waals surface area contributed by atoms with E-state index < -0.39 is 5.60 Å². The molecule has 3 aliphatic rings. The molecule has 2 saturated heterocycles. The SMILES string of the molecule is C=C(C)C1CC[C@]23O[C@@H]2[C@@H](CC(C)=Cc2cc(C)c(o2)C1)OC3=O. The number of fused-ring (bicyclic) bond motifs is 2. The number of ether oxygens (including phenoxy) is 2. The highest BCUT2D eigenvalue weighted by Crippen LogP contribution is 2.52. The summed E-state index contributed by atoms with van der Waals surface area (Å²) in [6.45, 7) is 10.3. The number of furan rings is 1. The molecule has 1 aromatic rings. The van der Waals surface area contributed by atoms with Gasteiger partial charge in [0.25, 0.3) is 0 Å². The predicted molar refractivity (Wildman–Crippen MR) is 90.4 cm³/mol. The standard InChI is InChI=1S/C20H24O4/c1-11(2)14-5-6-20-18(24-20)17(23-19(20)21)8-12(3)7-15-9-13(4)16(10-14)22-15/h7,9,14,17-18H,1,5-6,8,10H2,2-4H3/t14?,17-,18-,20+/m1/s1. The topological polar surface area (TPSA) is 52.0 Å². The molecule has 0 spiro atoms. The van der Waals surface area contributed by atoms with E-state index in [4.69, 9.17) is 13.9 Å². The molecule has 1 unspecified atom stereocenters. The zero-order chi connectivity index (χ0) is 17.1. The molecular formula is C20H24O4. The van der Waals surface area contributed by atoms with Crippen LogP contribution >= 0.6 is 0 Å². The molecule has 4 nitrogen and oxygen atoms in total. The van der Waals surface area contributed by atoms with Gasteiger partial charge in [0.15, 0.2) is 5.60 Å². The third-order valence-electron chi connectivity index (χ3n) is 5.63. The first-order valence-electron chi connectivity index (χ1n) is 8.70. The Kier molecular flexibility index (Phi) is 3.50. The molecule has 24 heavy (non-hydrogen) atoms. The van der Waals surface area contributed by atoms with Crippen LogP contribution in [-0.4, -0.2) is 23.8 Å². The molecule has 0 aliphatic carbocycles. The van der Waals surface area contributed by atoms with E-state index in [1.807, 2.05) is 19.9 Å². The average molecular weight is 328 g/mol. The highest BCUT2D eigenvalue weighted by atomic mass is 16.7. The summed E-state index contributed by atoms with van der Waals surface area (Å²) in [5.74, 6) is 1.98. The van der Waals surface area contributed by atoms with E-state index >= 15 is 0 Å². The summed E-state index contributed by atoms with van der Waals surface area (Å²) in [5.41, 5.74) is 2.72. The molecule has 128 valence electrons. The minimum Gasteiger partial charge on any atom is -0.461 e. The molecule has 4 bridgehead atoms. The van der Waals surface area contributed by atoms with Crippen molar-refractivity contribution < 1.29 is 18.7 Å². The van der Waals surface area contributed by atoms with Gasteiger partial charge >= 0.3 is 5.97 Å².